The topological polar surface area (TPSA) is 111 Å². The van der Waals surface area contributed by atoms with E-state index < -0.39 is 21.1 Å². The van der Waals surface area contributed by atoms with Gasteiger partial charge in [-0.25, -0.2) is 8.42 Å². The molecule has 0 aliphatic heterocycles. The van der Waals surface area contributed by atoms with E-state index in [1.54, 1.807) is 25.3 Å². The molecule has 0 saturated heterocycles. The molecule has 9 heteroatoms. The van der Waals surface area contributed by atoms with E-state index in [0.29, 0.717) is 0 Å². The molecule has 0 aliphatic rings. The van der Waals surface area contributed by atoms with E-state index in [9.17, 15) is 13.2 Å². The number of hydrogen-bond acceptors (Lipinski definition) is 7. The van der Waals surface area contributed by atoms with Crippen LogP contribution in [-0.4, -0.2) is 37.9 Å². The number of nitrogens with one attached hydrogen (secondary N) is 1. The van der Waals surface area contributed by atoms with Gasteiger partial charge in [-0.05, 0) is 29.7 Å². The Labute approximate surface area is 158 Å². The normalized spacial score (nSPS) is 14.1. The molecular weight excluding hydrogens is 370 g/mol. The van der Waals surface area contributed by atoms with Gasteiger partial charge in [0, 0.05) is 12.3 Å². The van der Waals surface area contributed by atoms with Crippen molar-refractivity contribution in [3.8, 4) is 5.75 Å². The number of methoxy groups -OCH3 is 1. The first kappa shape index (κ1) is 20.6. The summed E-state index contributed by atoms with van der Waals surface area (Å²) in [5.74, 6) is 0.411. The van der Waals surface area contributed by atoms with Gasteiger partial charge in [0.2, 0.25) is 21.6 Å². The first-order chi connectivity index (χ1) is 12.7. The van der Waals surface area contributed by atoms with E-state index in [1.807, 2.05) is 26.0 Å². The fraction of sp³-hybridized carbons (Fsp3) is 0.389. The van der Waals surface area contributed by atoms with Crippen LogP contribution in [0.1, 0.15) is 37.8 Å². The Morgan fingerprint density at radius 2 is 1.96 bits per heavy atom. The summed E-state index contributed by atoms with van der Waals surface area (Å²) in [6.45, 7) is 3.85. The number of nitrogens with zero attached hydrogens (tertiary/aromatic N) is 2. The van der Waals surface area contributed by atoms with Crippen molar-refractivity contribution < 1.29 is 22.4 Å². The van der Waals surface area contributed by atoms with Crippen molar-refractivity contribution in [3.63, 3.8) is 0 Å². The van der Waals surface area contributed by atoms with Gasteiger partial charge in [-0.3, -0.25) is 4.79 Å². The first-order valence-corrected chi connectivity index (χ1v) is 10.3. The van der Waals surface area contributed by atoms with Gasteiger partial charge in [0.1, 0.15) is 11.8 Å². The highest BCUT2D eigenvalue weighted by Gasteiger charge is 2.27. The Morgan fingerprint density at radius 1 is 1.30 bits per heavy atom. The third kappa shape index (κ3) is 5.65. The van der Waals surface area contributed by atoms with Crippen molar-refractivity contribution in [3.05, 3.63) is 41.8 Å². The predicted molar refractivity (Wildman–Crippen MR) is 99.8 cm³/mol. The van der Waals surface area contributed by atoms with Crippen molar-refractivity contribution in [2.75, 3.05) is 13.4 Å². The lowest BCUT2D eigenvalue weighted by molar-refractivity contribution is -0.117. The predicted octanol–water partition coefficient (Wildman–Crippen LogP) is 2.40. The quantitative estimate of drug-likeness (QED) is 0.685. The van der Waals surface area contributed by atoms with Gasteiger partial charge in [0.25, 0.3) is 0 Å². The molecule has 0 saturated carbocycles. The van der Waals surface area contributed by atoms with E-state index in [2.05, 4.69) is 15.5 Å². The molecule has 0 unspecified atom stereocenters. The zero-order valence-corrected chi connectivity index (χ0v) is 16.5. The molecule has 2 rings (SSSR count). The van der Waals surface area contributed by atoms with E-state index in [1.165, 1.54) is 6.08 Å². The lowest BCUT2D eigenvalue weighted by atomic mass is 9.99. The first-order valence-electron chi connectivity index (χ1n) is 8.40. The maximum atomic E-state index is 12.3. The zero-order valence-electron chi connectivity index (χ0n) is 15.7. The van der Waals surface area contributed by atoms with Crippen LogP contribution in [0.25, 0.3) is 6.08 Å². The molecule has 1 N–H and O–H groups in total. The number of benzene rings is 1. The monoisotopic (exact) mass is 393 g/mol. The molecule has 1 amide bonds. The van der Waals surface area contributed by atoms with Gasteiger partial charge in [-0.1, -0.05) is 37.5 Å². The number of sulfone groups is 1. The Kier molecular flexibility index (Phi) is 6.73. The number of aromatic nitrogens is 2. The minimum absolute atomic E-state index is 0.0313. The molecule has 0 radical (unpaired) electrons. The number of carbonyl (C=O) groups is 1. The van der Waals surface area contributed by atoms with Crippen LogP contribution in [0.4, 0.5) is 0 Å². The molecular formula is C18H23N3O5S. The average molecular weight is 393 g/mol. The number of hydrogen-bond donors (Lipinski definition) is 1. The second-order valence-electron chi connectivity index (χ2n) is 6.16. The van der Waals surface area contributed by atoms with Crippen LogP contribution >= 0.6 is 0 Å². The van der Waals surface area contributed by atoms with E-state index >= 15 is 0 Å². The van der Waals surface area contributed by atoms with Crippen LogP contribution in [0.3, 0.4) is 0 Å². The maximum absolute atomic E-state index is 12.3. The Morgan fingerprint density at radius 3 is 2.48 bits per heavy atom. The average Bonchev–Trinajstić information content (AvgIpc) is 3.14. The van der Waals surface area contributed by atoms with Gasteiger partial charge in [-0.15, -0.1) is 5.10 Å². The number of carbonyl (C=O) groups excluding carboxylic acids is 1. The molecule has 2 aromatic rings. The van der Waals surface area contributed by atoms with Crippen molar-refractivity contribution >= 4 is 21.8 Å². The van der Waals surface area contributed by atoms with Crippen LogP contribution in [0.5, 0.6) is 5.75 Å². The van der Waals surface area contributed by atoms with E-state index in [4.69, 9.17) is 9.15 Å². The fourth-order valence-corrected chi connectivity index (χ4v) is 2.69. The summed E-state index contributed by atoms with van der Waals surface area (Å²) in [4.78, 5) is 12.3. The molecule has 0 spiro atoms. The fourth-order valence-electron chi connectivity index (χ4n) is 2.27. The minimum atomic E-state index is -3.61. The van der Waals surface area contributed by atoms with E-state index in [-0.39, 0.29) is 17.7 Å². The smallest absolute Gasteiger partial charge is 0.335 e. The zero-order chi connectivity index (χ0) is 20.0. The molecule has 0 aliphatic carbocycles. The highest BCUT2D eigenvalue weighted by molar-refractivity contribution is 7.90. The molecule has 8 nitrogen and oxygen atoms in total. The van der Waals surface area contributed by atoms with Gasteiger partial charge < -0.3 is 14.5 Å². The summed E-state index contributed by atoms with van der Waals surface area (Å²) in [7, 11) is -2.02. The summed E-state index contributed by atoms with van der Waals surface area (Å²) in [6, 6.07) is 6.65. The highest BCUT2D eigenvalue weighted by Crippen LogP contribution is 2.24. The molecule has 0 fully saturated rings. The van der Waals surface area contributed by atoms with E-state index in [0.717, 1.165) is 24.0 Å². The van der Waals surface area contributed by atoms with Gasteiger partial charge >= 0.3 is 5.22 Å². The Hall–Kier alpha value is -2.68. The molecule has 1 aromatic carbocycles. The summed E-state index contributed by atoms with van der Waals surface area (Å²) in [6.07, 6.45) is 4.77. The molecule has 1 aromatic heterocycles. The Bertz CT molecular complexity index is 903. The van der Waals surface area contributed by atoms with Gasteiger partial charge in [0.15, 0.2) is 0 Å². The summed E-state index contributed by atoms with van der Waals surface area (Å²) in [5.41, 5.74) is 0.836. The second-order valence-corrected chi connectivity index (χ2v) is 8.05. The number of rotatable bonds is 8. The molecule has 1 heterocycles. The minimum Gasteiger partial charge on any atom is -0.497 e. The van der Waals surface area contributed by atoms with Gasteiger partial charge in [-0.2, -0.15) is 0 Å². The summed E-state index contributed by atoms with van der Waals surface area (Å²) in [5, 5.41) is 9.69. The van der Waals surface area contributed by atoms with Crippen LogP contribution in [0, 0.1) is 5.92 Å². The second kappa shape index (κ2) is 8.81. The summed E-state index contributed by atoms with van der Waals surface area (Å²) < 4.78 is 33.4. The van der Waals surface area contributed by atoms with Crippen molar-refractivity contribution in [1.29, 1.82) is 0 Å². The number of amides is 1. The molecule has 0 bridgehead atoms. The van der Waals surface area contributed by atoms with Crippen LogP contribution in [0.15, 0.2) is 40.0 Å². The van der Waals surface area contributed by atoms with Crippen LogP contribution < -0.4 is 10.1 Å². The lowest BCUT2D eigenvalue weighted by Crippen LogP contribution is -2.31. The van der Waals surface area contributed by atoms with Crippen molar-refractivity contribution in [1.82, 2.24) is 15.5 Å². The largest absolute Gasteiger partial charge is 0.497 e. The third-order valence-electron chi connectivity index (χ3n) is 4.06. The third-order valence-corrected chi connectivity index (χ3v) is 4.86. The summed E-state index contributed by atoms with van der Waals surface area (Å²) >= 11 is 0. The van der Waals surface area contributed by atoms with Crippen LogP contribution in [0.2, 0.25) is 0 Å². The molecule has 2 atom stereocenters. The molecule has 27 heavy (non-hydrogen) atoms. The standard InChI is InChI=1S/C18H23N3O5S/c1-5-12(2)16(17-20-21-18(26-17)27(4,23)24)19-15(22)11-8-13-6-9-14(25-3)10-7-13/h6-12,16H,5H2,1-4H3,(H,19,22)/b11-8+/t12-,16+/m1/s1. The van der Waals surface area contributed by atoms with Crippen molar-refractivity contribution in [2.24, 2.45) is 5.92 Å². The highest BCUT2D eigenvalue weighted by atomic mass is 32.2. The van der Waals surface area contributed by atoms with Crippen molar-refractivity contribution in [2.45, 2.75) is 31.5 Å². The maximum Gasteiger partial charge on any atom is 0.335 e. The lowest BCUT2D eigenvalue weighted by Gasteiger charge is -2.20. The van der Waals surface area contributed by atoms with Crippen LogP contribution in [-0.2, 0) is 14.6 Å². The Balaban J connectivity index is 2.14. The SMILES string of the molecule is CC[C@@H](C)[C@H](NC(=O)/C=C/c1ccc(OC)cc1)c1nnc(S(C)(=O)=O)o1. The molecule has 146 valence electrons. The number of ether oxygens (including phenoxy) is 1. The van der Waals surface area contributed by atoms with Gasteiger partial charge in [0.05, 0.1) is 7.11 Å².